The number of terminal acetylenes is 1. The highest BCUT2D eigenvalue weighted by Crippen LogP contribution is 2.32. The zero-order chi connectivity index (χ0) is 36.3. The predicted molar refractivity (Wildman–Crippen MR) is 186 cm³/mol. The molecule has 7 rings (SSSR count). The van der Waals surface area contributed by atoms with Crippen LogP contribution in [0.5, 0.6) is 11.6 Å². The van der Waals surface area contributed by atoms with Gasteiger partial charge in [-0.25, -0.2) is 25.6 Å². The molecule has 0 radical (unpaired) electrons. The number of ether oxygens (including phenoxy) is 2. The summed E-state index contributed by atoms with van der Waals surface area (Å²) in [5, 5.41) is 9.63. The van der Waals surface area contributed by atoms with Crippen LogP contribution in [0.4, 0.5) is 20.2 Å². The molecule has 3 heterocycles. The number of halogens is 2. The molecule has 0 atom stereocenters. The number of rotatable bonds is 10. The van der Waals surface area contributed by atoms with E-state index in [1.54, 1.807) is 30.3 Å². The second-order valence-corrected chi connectivity index (χ2v) is 14.7. The fourth-order valence-electron chi connectivity index (χ4n) is 4.94. The van der Waals surface area contributed by atoms with Crippen molar-refractivity contribution in [2.24, 2.45) is 5.92 Å². The molecule has 1 aliphatic rings. The Kier molecular flexibility index (Phi) is 9.56. The van der Waals surface area contributed by atoms with E-state index in [1.807, 2.05) is 0 Å². The fraction of sp³-hybridized carbons (Fsp3) is 0.143. The van der Waals surface area contributed by atoms with Crippen molar-refractivity contribution in [2.75, 3.05) is 23.2 Å². The lowest BCUT2D eigenvalue weighted by atomic mass is 10.2. The molecule has 6 aromatic rings. The Morgan fingerprint density at radius 2 is 1.47 bits per heavy atom. The monoisotopic (exact) mass is 730 g/mol. The van der Waals surface area contributed by atoms with Crippen LogP contribution < -0.4 is 18.9 Å². The third-order valence-corrected chi connectivity index (χ3v) is 10.6. The summed E-state index contributed by atoms with van der Waals surface area (Å²) in [6, 6.07) is 17.4. The van der Waals surface area contributed by atoms with E-state index in [1.165, 1.54) is 62.7 Å². The van der Waals surface area contributed by atoms with Gasteiger partial charge in [0.2, 0.25) is 5.88 Å². The summed E-state index contributed by atoms with van der Waals surface area (Å²) >= 11 is 0. The average Bonchev–Trinajstić information content (AvgIpc) is 3.68. The van der Waals surface area contributed by atoms with Gasteiger partial charge in [0.15, 0.2) is 0 Å². The molecule has 260 valence electrons. The third-order valence-electron chi connectivity index (χ3n) is 7.78. The van der Waals surface area contributed by atoms with Crippen molar-refractivity contribution in [3.63, 3.8) is 0 Å². The van der Waals surface area contributed by atoms with Gasteiger partial charge in [0.05, 0.1) is 42.2 Å². The molecular weight excluding hydrogens is 703 g/mol. The second-order valence-electron chi connectivity index (χ2n) is 11.4. The Hall–Kier alpha value is -6.10. The number of nitriles is 1. The molecular formula is C35H28F2N6O6S2. The van der Waals surface area contributed by atoms with Crippen LogP contribution in [0.2, 0.25) is 0 Å². The molecule has 0 aliphatic heterocycles. The van der Waals surface area contributed by atoms with Gasteiger partial charge in [-0.3, -0.25) is 9.44 Å². The number of fused-ring (bicyclic) bond motifs is 2. The minimum atomic E-state index is -4.01. The van der Waals surface area contributed by atoms with Gasteiger partial charge in [0, 0.05) is 40.9 Å². The molecule has 1 aliphatic carbocycles. The summed E-state index contributed by atoms with van der Waals surface area (Å²) in [6.07, 6.45) is 10.2. The van der Waals surface area contributed by atoms with Crippen molar-refractivity contribution in [3.8, 4) is 30.0 Å². The smallest absolute Gasteiger partial charge is 0.264 e. The number of pyridine rings is 1. The topological polar surface area (TPSA) is 179 Å². The van der Waals surface area contributed by atoms with Crippen LogP contribution in [0.1, 0.15) is 24.0 Å². The number of aromatic amines is 2. The number of hydrogen-bond acceptors (Lipinski definition) is 8. The van der Waals surface area contributed by atoms with Gasteiger partial charge in [0.1, 0.15) is 32.8 Å². The fourth-order valence-corrected chi connectivity index (χ4v) is 7.42. The lowest BCUT2D eigenvalue weighted by molar-refractivity contribution is 0.300. The summed E-state index contributed by atoms with van der Waals surface area (Å²) in [5.41, 5.74) is 0.986. The molecule has 16 heteroatoms. The Morgan fingerprint density at radius 1 is 0.863 bits per heavy atom. The number of anilines is 2. The van der Waals surface area contributed by atoms with Crippen molar-refractivity contribution in [3.05, 3.63) is 102 Å². The van der Waals surface area contributed by atoms with Gasteiger partial charge in [-0.2, -0.15) is 10.2 Å². The largest absolute Gasteiger partial charge is 0.493 e. The molecule has 12 nitrogen and oxygen atoms in total. The van der Waals surface area contributed by atoms with Crippen LogP contribution in [-0.2, 0) is 20.0 Å². The highest BCUT2D eigenvalue weighted by Gasteiger charge is 2.24. The lowest BCUT2D eigenvalue weighted by Crippen LogP contribution is -2.13. The number of benzene rings is 3. The van der Waals surface area contributed by atoms with E-state index in [0.717, 1.165) is 12.1 Å². The van der Waals surface area contributed by atoms with Crippen LogP contribution >= 0.6 is 0 Å². The summed E-state index contributed by atoms with van der Waals surface area (Å²) in [4.78, 5) is 9.75. The number of aromatic nitrogens is 3. The summed E-state index contributed by atoms with van der Waals surface area (Å²) in [5.74, 6) is 2.34. The lowest BCUT2D eigenvalue weighted by Gasteiger charge is -2.09. The van der Waals surface area contributed by atoms with Crippen molar-refractivity contribution >= 4 is 53.4 Å². The van der Waals surface area contributed by atoms with Crippen LogP contribution in [0.25, 0.3) is 21.9 Å². The first-order valence-electron chi connectivity index (χ1n) is 15.2. The Balaban J connectivity index is 0.000000177. The molecule has 3 aromatic carbocycles. The van der Waals surface area contributed by atoms with Gasteiger partial charge in [-0.05, 0) is 73.4 Å². The number of hydrogen-bond donors (Lipinski definition) is 4. The van der Waals surface area contributed by atoms with Gasteiger partial charge in [-0.15, -0.1) is 6.42 Å². The van der Waals surface area contributed by atoms with Crippen LogP contribution in [0.3, 0.4) is 0 Å². The van der Waals surface area contributed by atoms with Crippen LogP contribution in [-0.4, -0.2) is 45.5 Å². The van der Waals surface area contributed by atoms with E-state index in [4.69, 9.17) is 21.2 Å². The predicted octanol–water partition coefficient (Wildman–Crippen LogP) is 6.26. The summed E-state index contributed by atoms with van der Waals surface area (Å²) < 4.78 is 93.6. The Morgan fingerprint density at radius 3 is 2.08 bits per heavy atom. The molecule has 0 saturated heterocycles. The number of sulfonamides is 2. The van der Waals surface area contributed by atoms with Gasteiger partial charge in [-0.1, -0.05) is 5.92 Å². The third kappa shape index (κ3) is 7.72. The van der Waals surface area contributed by atoms with E-state index in [2.05, 4.69) is 30.3 Å². The molecule has 0 unspecified atom stereocenters. The molecule has 4 N–H and O–H groups in total. The number of nitrogens with zero attached hydrogens (tertiary/aromatic N) is 2. The quantitative estimate of drug-likeness (QED) is 0.119. The van der Waals surface area contributed by atoms with Gasteiger partial charge in [0.25, 0.3) is 20.0 Å². The molecule has 51 heavy (non-hydrogen) atoms. The zero-order valence-electron chi connectivity index (χ0n) is 26.7. The number of nitrogens with one attached hydrogen (secondary N) is 4. The SMILES string of the molecule is C#Cc1ccc(NS(=O)(=O)c2c[nH]c3nc(OC)ccc23)c(F)c1.N#Cc1ccc(NS(=O)(=O)c2c[nH]c3cc(OCC4CC4)ccc23)c(F)c1. The molecule has 1 fully saturated rings. The minimum Gasteiger partial charge on any atom is -0.493 e. The van der Waals surface area contributed by atoms with Crippen LogP contribution in [0.15, 0.2) is 88.9 Å². The highest BCUT2D eigenvalue weighted by molar-refractivity contribution is 7.93. The maximum atomic E-state index is 14.0. The minimum absolute atomic E-state index is 0.00926. The van der Waals surface area contributed by atoms with Crippen LogP contribution in [0, 0.1) is 41.2 Å². The first-order valence-corrected chi connectivity index (χ1v) is 18.1. The normalized spacial score (nSPS) is 12.7. The molecule has 0 amide bonds. The van der Waals surface area contributed by atoms with E-state index in [-0.39, 0.29) is 26.7 Å². The number of H-pyrrole nitrogens is 2. The standard InChI is InChI=1S/C19H16FN3O3S.C16H12FN3O3S/c20-16-7-13(9-21)3-6-17(16)23-27(24,25)19-10-22-18-8-14(4-5-15(18)19)26-11-12-1-2-12;1-3-10-4-6-13(12(17)8-10)20-24(21,22)14-9-18-16-11(14)5-7-15(19-16)23-2/h3-8,10,12,22-23H,1-2,11H2;1,4-9,20H,2H3,(H,18,19). The maximum Gasteiger partial charge on any atom is 0.264 e. The van der Waals surface area contributed by atoms with Crippen molar-refractivity contribution in [1.82, 2.24) is 15.0 Å². The summed E-state index contributed by atoms with van der Waals surface area (Å²) in [6.45, 7) is 0.664. The molecule has 3 aromatic heterocycles. The second kappa shape index (κ2) is 14.0. The summed E-state index contributed by atoms with van der Waals surface area (Å²) in [7, 11) is -6.57. The van der Waals surface area contributed by atoms with E-state index in [9.17, 15) is 25.6 Å². The Bertz CT molecular complexity index is 2590. The van der Waals surface area contributed by atoms with Gasteiger partial charge < -0.3 is 19.4 Å². The zero-order valence-corrected chi connectivity index (χ0v) is 28.3. The molecule has 0 bridgehead atoms. The number of methoxy groups -OCH3 is 1. The average molecular weight is 731 g/mol. The molecule has 1 saturated carbocycles. The van der Waals surface area contributed by atoms with Crippen molar-refractivity contribution in [2.45, 2.75) is 22.6 Å². The molecule has 0 spiro atoms. The maximum absolute atomic E-state index is 14.0. The highest BCUT2D eigenvalue weighted by atomic mass is 32.2. The van der Waals surface area contributed by atoms with Crippen molar-refractivity contribution < 1.29 is 35.1 Å². The Labute approximate surface area is 291 Å². The van der Waals surface area contributed by atoms with Gasteiger partial charge >= 0.3 is 0 Å². The first-order chi connectivity index (χ1) is 24.4. The first kappa shape index (κ1) is 34.8. The van der Waals surface area contributed by atoms with E-state index >= 15 is 0 Å². The van der Waals surface area contributed by atoms with E-state index < -0.39 is 31.7 Å². The van der Waals surface area contributed by atoms with Crippen molar-refractivity contribution in [1.29, 1.82) is 5.26 Å². The van der Waals surface area contributed by atoms with E-state index in [0.29, 0.717) is 51.7 Å².